The predicted octanol–water partition coefficient (Wildman–Crippen LogP) is 11.5. The molecule has 0 heterocycles. The monoisotopic (exact) mass is 419 g/mol. The Hall–Kier alpha value is -0.260. The van der Waals surface area contributed by atoms with E-state index in [1.54, 1.807) is 0 Å². The Balaban J connectivity index is 3.05. The SMILES string of the molecule is [CH2]CCCCCCCCCCC=CCCCCCCCCCCCCCCCCC. The van der Waals surface area contributed by atoms with Crippen molar-refractivity contribution < 1.29 is 0 Å². The highest BCUT2D eigenvalue weighted by Gasteiger charge is 1.94. The summed E-state index contributed by atoms with van der Waals surface area (Å²) >= 11 is 0. The van der Waals surface area contributed by atoms with Crippen LogP contribution in [-0.2, 0) is 0 Å². The van der Waals surface area contributed by atoms with Gasteiger partial charge in [-0.2, -0.15) is 0 Å². The number of allylic oxidation sites excluding steroid dienone is 2. The van der Waals surface area contributed by atoms with E-state index < -0.39 is 0 Å². The van der Waals surface area contributed by atoms with Gasteiger partial charge in [0.1, 0.15) is 0 Å². The van der Waals surface area contributed by atoms with Gasteiger partial charge >= 0.3 is 0 Å². The first-order valence-electron chi connectivity index (χ1n) is 14.4. The van der Waals surface area contributed by atoms with Crippen LogP contribution in [0, 0.1) is 6.92 Å². The van der Waals surface area contributed by atoms with Crippen molar-refractivity contribution in [3.63, 3.8) is 0 Å². The van der Waals surface area contributed by atoms with E-state index in [0.717, 1.165) is 6.42 Å². The molecule has 0 heteroatoms. The summed E-state index contributed by atoms with van der Waals surface area (Å²) in [7, 11) is 0. The van der Waals surface area contributed by atoms with Gasteiger partial charge in [0.2, 0.25) is 0 Å². The first-order chi connectivity index (χ1) is 14.9. The van der Waals surface area contributed by atoms with Gasteiger partial charge in [-0.25, -0.2) is 0 Å². The van der Waals surface area contributed by atoms with Crippen molar-refractivity contribution in [1.82, 2.24) is 0 Å². The zero-order valence-corrected chi connectivity index (χ0v) is 21.2. The average Bonchev–Trinajstić information content (AvgIpc) is 2.76. The molecule has 0 unspecified atom stereocenters. The molecule has 30 heavy (non-hydrogen) atoms. The molecule has 0 saturated carbocycles. The van der Waals surface area contributed by atoms with Gasteiger partial charge in [0.15, 0.2) is 0 Å². The van der Waals surface area contributed by atoms with E-state index in [1.165, 1.54) is 161 Å². The molecule has 0 aromatic rings. The third-order valence-corrected chi connectivity index (χ3v) is 6.51. The van der Waals surface area contributed by atoms with E-state index in [1.807, 2.05) is 0 Å². The molecule has 179 valence electrons. The minimum Gasteiger partial charge on any atom is -0.0885 e. The Morgan fingerprint density at radius 3 is 0.933 bits per heavy atom. The van der Waals surface area contributed by atoms with Gasteiger partial charge < -0.3 is 0 Å². The van der Waals surface area contributed by atoms with E-state index >= 15 is 0 Å². The normalized spacial score (nSPS) is 11.7. The van der Waals surface area contributed by atoms with E-state index in [2.05, 4.69) is 26.0 Å². The predicted molar refractivity (Wildman–Crippen MR) is 140 cm³/mol. The molecule has 0 atom stereocenters. The van der Waals surface area contributed by atoms with Gasteiger partial charge in [-0.15, -0.1) is 0 Å². The van der Waals surface area contributed by atoms with Gasteiger partial charge in [-0.05, 0) is 25.7 Å². The van der Waals surface area contributed by atoms with E-state index in [9.17, 15) is 0 Å². The topological polar surface area (TPSA) is 0 Å². The van der Waals surface area contributed by atoms with Crippen LogP contribution < -0.4 is 0 Å². The quantitative estimate of drug-likeness (QED) is 0.0965. The summed E-state index contributed by atoms with van der Waals surface area (Å²) < 4.78 is 0. The molecule has 0 N–H and O–H groups in total. The second-order valence-corrected chi connectivity index (χ2v) is 9.68. The first-order valence-corrected chi connectivity index (χ1v) is 14.4. The molecule has 0 saturated heterocycles. The number of hydrogen-bond donors (Lipinski definition) is 0. The molecule has 0 rings (SSSR count). The van der Waals surface area contributed by atoms with Gasteiger partial charge in [0.25, 0.3) is 0 Å². The minimum atomic E-state index is 1.12. The highest BCUT2D eigenvalue weighted by Crippen LogP contribution is 2.14. The molecular formula is C30H59. The van der Waals surface area contributed by atoms with Crippen LogP contribution in [0.2, 0.25) is 0 Å². The van der Waals surface area contributed by atoms with Crippen LogP contribution in [0.1, 0.15) is 174 Å². The zero-order chi connectivity index (χ0) is 21.8. The Morgan fingerprint density at radius 1 is 0.367 bits per heavy atom. The number of unbranched alkanes of at least 4 members (excludes halogenated alkanes) is 24. The number of hydrogen-bond acceptors (Lipinski definition) is 0. The first kappa shape index (κ1) is 29.7. The molecule has 0 aromatic heterocycles. The fourth-order valence-electron chi connectivity index (χ4n) is 4.37. The van der Waals surface area contributed by atoms with Crippen molar-refractivity contribution in [2.75, 3.05) is 0 Å². The molecular weight excluding hydrogens is 360 g/mol. The van der Waals surface area contributed by atoms with Crippen LogP contribution in [0.25, 0.3) is 0 Å². The molecule has 0 aliphatic heterocycles. The van der Waals surface area contributed by atoms with Crippen LogP contribution in [0.15, 0.2) is 12.2 Å². The molecule has 0 fully saturated rings. The Morgan fingerprint density at radius 2 is 0.633 bits per heavy atom. The fraction of sp³-hybridized carbons (Fsp3) is 0.900. The molecule has 0 spiro atoms. The van der Waals surface area contributed by atoms with E-state index in [4.69, 9.17) is 0 Å². The maximum Gasteiger partial charge on any atom is -0.0351 e. The Kier molecular flexibility index (Phi) is 28.5. The summed E-state index contributed by atoms with van der Waals surface area (Å²) in [6.45, 7) is 6.21. The van der Waals surface area contributed by atoms with Crippen molar-refractivity contribution >= 4 is 0 Å². The Bertz CT molecular complexity index is 303. The minimum absolute atomic E-state index is 1.12. The van der Waals surface area contributed by atoms with Crippen molar-refractivity contribution in [1.29, 1.82) is 0 Å². The van der Waals surface area contributed by atoms with Gasteiger partial charge in [0, 0.05) is 0 Å². The van der Waals surface area contributed by atoms with Gasteiger partial charge in [-0.1, -0.05) is 167 Å². The molecule has 0 aliphatic rings. The summed E-state index contributed by atoms with van der Waals surface area (Å²) in [6.07, 6.45) is 41.8. The molecule has 0 nitrogen and oxygen atoms in total. The molecule has 0 amide bonds. The number of rotatable bonds is 26. The maximum atomic E-state index is 3.91. The summed E-state index contributed by atoms with van der Waals surface area (Å²) in [5.41, 5.74) is 0. The van der Waals surface area contributed by atoms with Crippen LogP contribution in [-0.4, -0.2) is 0 Å². The van der Waals surface area contributed by atoms with Crippen LogP contribution >= 0.6 is 0 Å². The molecule has 0 aromatic carbocycles. The summed E-state index contributed by atoms with van der Waals surface area (Å²) in [5.74, 6) is 0. The second kappa shape index (κ2) is 28.7. The average molecular weight is 420 g/mol. The molecule has 0 bridgehead atoms. The largest absolute Gasteiger partial charge is 0.0885 e. The van der Waals surface area contributed by atoms with E-state index in [0.29, 0.717) is 0 Å². The smallest absolute Gasteiger partial charge is 0.0351 e. The Labute approximate surface area is 193 Å². The van der Waals surface area contributed by atoms with Crippen molar-refractivity contribution in [2.45, 2.75) is 174 Å². The lowest BCUT2D eigenvalue weighted by Gasteiger charge is -2.03. The van der Waals surface area contributed by atoms with Crippen molar-refractivity contribution in [3.05, 3.63) is 19.1 Å². The summed E-state index contributed by atoms with van der Waals surface area (Å²) in [4.78, 5) is 0. The third kappa shape index (κ3) is 27.7. The van der Waals surface area contributed by atoms with Crippen LogP contribution in [0.4, 0.5) is 0 Å². The molecule has 0 aliphatic carbocycles. The zero-order valence-electron chi connectivity index (χ0n) is 21.2. The fourth-order valence-corrected chi connectivity index (χ4v) is 4.37. The van der Waals surface area contributed by atoms with Crippen molar-refractivity contribution in [2.24, 2.45) is 0 Å². The third-order valence-electron chi connectivity index (χ3n) is 6.51. The highest BCUT2D eigenvalue weighted by atomic mass is 14.0. The lowest BCUT2D eigenvalue weighted by molar-refractivity contribution is 0.533. The second-order valence-electron chi connectivity index (χ2n) is 9.68. The van der Waals surface area contributed by atoms with Crippen LogP contribution in [0.3, 0.4) is 0 Å². The lowest BCUT2D eigenvalue weighted by Crippen LogP contribution is -1.83. The van der Waals surface area contributed by atoms with Crippen molar-refractivity contribution in [3.8, 4) is 0 Å². The van der Waals surface area contributed by atoms with Gasteiger partial charge in [0.05, 0.1) is 0 Å². The van der Waals surface area contributed by atoms with Gasteiger partial charge in [-0.3, -0.25) is 0 Å². The maximum absolute atomic E-state index is 3.91. The summed E-state index contributed by atoms with van der Waals surface area (Å²) in [5, 5.41) is 0. The van der Waals surface area contributed by atoms with E-state index in [-0.39, 0.29) is 0 Å². The lowest BCUT2D eigenvalue weighted by atomic mass is 10.0. The summed E-state index contributed by atoms with van der Waals surface area (Å²) in [6, 6.07) is 0. The standard InChI is InChI=1S/C30H59/c1-3-5-7-9-11-13-15-17-19-21-23-25-27-29-30-28-26-24-22-20-18-16-14-12-10-8-6-4-2/h23,25H,1,3-22,24,26-30H2,2H3. The van der Waals surface area contributed by atoms with Crippen LogP contribution in [0.5, 0.6) is 0 Å². The molecule has 1 radical (unpaired) electrons. The highest BCUT2D eigenvalue weighted by molar-refractivity contribution is 4.81.